The summed E-state index contributed by atoms with van der Waals surface area (Å²) in [5.41, 5.74) is 1.52. The molecule has 2 aromatic rings. The summed E-state index contributed by atoms with van der Waals surface area (Å²) in [4.78, 5) is 28.4. The zero-order valence-corrected chi connectivity index (χ0v) is 16.7. The molecule has 25 heavy (non-hydrogen) atoms. The summed E-state index contributed by atoms with van der Waals surface area (Å²) < 4.78 is 0. The quantitative estimate of drug-likeness (QED) is 0.729. The van der Waals surface area contributed by atoms with E-state index in [1.54, 1.807) is 23.1 Å². The van der Waals surface area contributed by atoms with Crippen LogP contribution in [0.1, 0.15) is 33.5 Å². The molecule has 0 aliphatic rings. The predicted molar refractivity (Wildman–Crippen MR) is 105 cm³/mol. The lowest BCUT2D eigenvalue weighted by atomic mass is 10.2. The summed E-state index contributed by atoms with van der Waals surface area (Å²) in [7, 11) is 0. The Morgan fingerprint density at radius 1 is 1.20 bits per heavy atom. The van der Waals surface area contributed by atoms with Gasteiger partial charge in [0.15, 0.2) is 0 Å². The molecule has 0 bridgehead atoms. The van der Waals surface area contributed by atoms with Gasteiger partial charge in [-0.3, -0.25) is 9.59 Å². The van der Waals surface area contributed by atoms with Gasteiger partial charge in [0, 0.05) is 16.4 Å². The minimum atomic E-state index is -0.309. The molecule has 2 amide bonds. The normalized spacial score (nSPS) is 10.6. The number of aryl methyl sites for hydroxylation is 2. The third kappa shape index (κ3) is 5.21. The molecule has 4 nitrogen and oxygen atoms in total. The van der Waals surface area contributed by atoms with E-state index in [2.05, 4.69) is 5.32 Å². The van der Waals surface area contributed by atoms with E-state index in [1.165, 1.54) is 11.3 Å². The third-order valence-electron chi connectivity index (χ3n) is 3.69. The lowest BCUT2D eigenvalue weighted by Crippen LogP contribution is -2.38. The van der Waals surface area contributed by atoms with E-state index in [0.29, 0.717) is 27.2 Å². The Morgan fingerprint density at radius 3 is 2.52 bits per heavy atom. The zero-order valence-electron chi connectivity index (χ0n) is 14.4. The number of amides is 2. The SMILES string of the molecule is CCCN(CC(=O)Nc1cc(Cl)ccc1Cl)C(=O)c1cc(C)c(C)s1. The maximum Gasteiger partial charge on any atom is 0.264 e. The highest BCUT2D eigenvalue weighted by Gasteiger charge is 2.21. The van der Waals surface area contributed by atoms with Crippen LogP contribution in [0.4, 0.5) is 5.69 Å². The molecule has 1 heterocycles. The second-order valence-corrected chi connectivity index (χ2v) is 7.85. The van der Waals surface area contributed by atoms with Crippen molar-refractivity contribution in [2.45, 2.75) is 27.2 Å². The summed E-state index contributed by atoms with van der Waals surface area (Å²) in [5, 5.41) is 3.59. The van der Waals surface area contributed by atoms with Gasteiger partial charge in [-0.2, -0.15) is 0 Å². The first-order valence-electron chi connectivity index (χ1n) is 7.93. The first-order valence-corrected chi connectivity index (χ1v) is 9.50. The molecular formula is C18H20Cl2N2O2S. The van der Waals surface area contributed by atoms with Crippen LogP contribution in [0, 0.1) is 13.8 Å². The molecule has 134 valence electrons. The van der Waals surface area contributed by atoms with Crippen molar-refractivity contribution in [1.82, 2.24) is 4.90 Å². The number of nitrogens with zero attached hydrogens (tertiary/aromatic N) is 1. The van der Waals surface area contributed by atoms with E-state index in [9.17, 15) is 9.59 Å². The molecule has 1 aromatic carbocycles. The van der Waals surface area contributed by atoms with Crippen LogP contribution in [0.2, 0.25) is 10.0 Å². The number of halogens is 2. The van der Waals surface area contributed by atoms with Crippen molar-refractivity contribution in [2.75, 3.05) is 18.4 Å². The number of nitrogens with one attached hydrogen (secondary N) is 1. The van der Waals surface area contributed by atoms with Gasteiger partial charge in [0.25, 0.3) is 5.91 Å². The summed E-state index contributed by atoms with van der Waals surface area (Å²) in [6.07, 6.45) is 0.764. The molecule has 0 fully saturated rings. The second-order valence-electron chi connectivity index (χ2n) is 5.75. The molecule has 0 unspecified atom stereocenters. The second kappa shape index (κ2) is 8.70. The monoisotopic (exact) mass is 398 g/mol. The average molecular weight is 399 g/mol. The van der Waals surface area contributed by atoms with Gasteiger partial charge in [-0.15, -0.1) is 11.3 Å². The summed E-state index contributed by atoms with van der Waals surface area (Å²) in [5.74, 6) is -0.439. The van der Waals surface area contributed by atoms with Crippen LogP contribution in [0.3, 0.4) is 0 Å². The van der Waals surface area contributed by atoms with Gasteiger partial charge in [-0.05, 0) is 50.1 Å². The molecule has 0 spiro atoms. The Morgan fingerprint density at radius 2 is 1.92 bits per heavy atom. The number of rotatable bonds is 6. The number of benzene rings is 1. The van der Waals surface area contributed by atoms with Crippen molar-refractivity contribution in [3.05, 3.63) is 49.6 Å². The maximum absolute atomic E-state index is 12.7. The minimum absolute atomic E-state index is 0.0362. The summed E-state index contributed by atoms with van der Waals surface area (Å²) in [6.45, 7) is 6.39. The number of carbonyl (C=O) groups is 2. The van der Waals surface area contributed by atoms with Gasteiger partial charge in [-0.25, -0.2) is 0 Å². The maximum atomic E-state index is 12.7. The van der Waals surface area contributed by atoms with Crippen molar-refractivity contribution in [1.29, 1.82) is 0 Å². The molecule has 0 radical (unpaired) electrons. The van der Waals surface area contributed by atoms with Crippen molar-refractivity contribution < 1.29 is 9.59 Å². The Balaban J connectivity index is 2.11. The fraction of sp³-hybridized carbons (Fsp3) is 0.333. The van der Waals surface area contributed by atoms with Crippen molar-refractivity contribution >= 4 is 52.0 Å². The highest BCUT2D eigenvalue weighted by Crippen LogP contribution is 2.26. The van der Waals surface area contributed by atoms with Gasteiger partial charge in [0.05, 0.1) is 15.6 Å². The molecule has 0 saturated carbocycles. The number of carbonyl (C=O) groups excluding carboxylic acids is 2. The fourth-order valence-electron chi connectivity index (χ4n) is 2.31. The Labute approximate surface area is 161 Å². The van der Waals surface area contributed by atoms with E-state index in [4.69, 9.17) is 23.2 Å². The first-order chi connectivity index (χ1) is 11.8. The van der Waals surface area contributed by atoms with E-state index >= 15 is 0 Å². The van der Waals surface area contributed by atoms with E-state index < -0.39 is 0 Å². The van der Waals surface area contributed by atoms with Crippen LogP contribution < -0.4 is 5.32 Å². The largest absolute Gasteiger partial charge is 0.329 e. The van der Waals surface area contributed by atoms with Crippen LogP contribution in [-0.2, 0) is 4.79 Å². The Kier molecular flexibility index (Phi) is 6.87. The van der Waals surface area contributed by atoms with Gasteiger partial charge < -0.3 is 10.2 Å². The van der Waals surface area contributed by atoms with Crippen LogP contribution in [0.5, 0.6) is 0 Å². The van der Waals surface area contributed by atoms with Crippen molar-refractivity contribution in [3.8, 4) is 0 Å². The van der Waals surface area contributed by atoms with Crippen molar-refractivity contribution in [3.63, 3.8) is 0 Å². The van der Waals surface area contributed by atoms with E-state index in [1.807, 2.05) is 26.8 Å². The van der Waals surface area contributed by atoms with E-state index in [0.717, 1.165) is 16.9 Å². The number of hydrogen-bond donors (Lipinski definition) is 1. The van der Waals surface area contributed by atoms with E-state index in [-0.39, 0.29) is 18.4 Å². The van der Waals surface area contributed by atoms with Crippen LogP contribution in [0.25, 0.3) is 0 Å². The van der Waals surface area contributed by atoms with Gasteiger partial charge in [0.2, 0.25) is 5.91 Å². The highest BCUT2D eigenvalue weighted by molar-refractivity contribution is 7.14. The lowest BCUT2D eigenvalue weighted by Gasteiger charge is -2.21. The molecule has 0 aliphatic carbocycles. The number of hydrogen-bond acceptors (Lipinski definition) is 3. The molecule has 0 atom stereocenters. The molecule has 0 saturated heterocycles. The van der Waals surface area contributed by atoms with Crippen molar-refractivity contribution in [2.24, 2.45) is 0 Å². The standard InChI is InChI=1S/C18H20Cl2N2O2S/c1-4-7-22(18(24)16-8-11(2)12(3)25-16)10-17(23)21-15-9-13(19)5-6-14(15)20/h5-6,8-9H,4,7,10H2,1-3H3,(H,21,23). The molecule has 0 aliphatic heterocycles. The first kappa shape index (κ1) is 19.8. The lowest BCUT2D eigenvalue weighted by molar-refractivity contribution is -0.116. The van der Waals surface area contributed by atoms with Crippen LogP contribution in [-0.4, -0.2) is 29.8 Å². The minimum Gasteiger partial charge on any atom is -0.329 e. The molecule has 1 N–H and O–H groups in total. The molecular weight excluding hydrogens is 379 g/mol. The zero-order chi connectivity index (χ0) is 18.6. The highest BCUT2D eigenvalue weighted by atomic mass is 35.5. The van der Waals surface area contributed by atoms with Gasteiger partial charge in [-0.1, -0.05) is 30.1 Å². The summed E-state index contributed by atoms with van der Waals surface area (Å²) in [6, 6.07) is 6.72. The number of anilines is 1. The number of thiophene rings is 1. The van der Waals surface area contributed by atoms with Gasteiger partial charge in [0.1, 0.15) is 6.54 Å². The third-order valence-corrected chi connectivity index (χ3v) is 5.40. The fourth-order valence-corrected chi connectivity index (χ4v) is 3.65. The topological polar surface area (TPSA) is 49.4 Å². The van der Waals surface area contributed by atoms with Crippen LogP contribution in [0.15, 0.2) is 24.3 Å². The molecule has 2 rings (SSSR count). The Hall–Kier alpha value is -1.56. The summed E-state index contributed by atoms with van der Waals surface area (Å²) >= 11 is 13.4. The van der Waals surface area contributed by atoms with Gasteiger partial charge >= 0.3 is 0 Å². The smallest absolute Gasteiger partial charge is 0.264 e. The Bertz CT molecular complexity index is 770. The van der Waals surface area contributed by atoms with Crippen LogP contribution >= 0.6 is 34.5 Å². The predicted octanol–water partition coefficient (Wildman–Crippen LogP) is 5.16. The molecule has 1 aromatic heterocycles. The molecule has 7 heteroatoms. The average Bonchev–Trinajstić information content (AvgIpc) is 2.89.